The van der Waals surface area contributed by atoms with Crippen LogP contribution in [-0.2, 0) is 5.92 Å². The number of benzene rings is 1. The second kappa shape index (κ2) is 6.33. The summed E-state index contributed by atoms with van der Waals surface area (Å²) in [5.41, 5.74) is 6.42. The molecule has 0 heterocycles. The number of hydrogen-bond acceptors (Lipinski definition) is 1. The molecule has 0 aromatic heterocycles. The van der Waals surface area contributed by atoms with Crippen molar-refractivity contribution in [3.63, 3.8) is 0 Å². The Hall–Kier alpha value is -1.45. The van der Waals surface area contributed by atoms with Crippen LogP contribution < -0.4 is 5.73 Å². The molecule has 0 atom stereocenters. The van der Waals surface area contributed by atoms with Gasteiger partial charge in [0, 0.05) is 16.8 Å². The topological polar surface area (TPSA) is 26.0 Å². The zero-order chi connectivity index (χ0) is 13.6. The molecule has 1 rings (SSSR count). The lowest BCUT2D eigenvalue weighted by molar-refractivity contribution is -0.0281. The maximum Gasteiger partial charge on any atom is 0.301 e. The number of nitrogens with two attached hydrogens (primary N) is 1. The van der Waals surface area contributed by atoms with Gasteiger partial charge in [0.05, 0.1) is 0 Å². The fourth-order valence-corrected chi connectivity index (χ4v) is 1.27. The van der Waals surface area contributed by atoms with Crippen molar-refractivity contribution in [2.45, 2.75) is 26.7 Å². The fourth-order valence-electron chi connectivity index (χ4n) is 1.27. The van der Waals surface area contributed by atoms with Crippen LogP contribution in [-0.4, -0.2) is 6.67 Å². The van der Waals surface area contributed by atoms with Crippen LogP contribution >= 0.6 is 0 Å². The molecular weight excluding hydrogens is 227 g/mol. The predicted octanol–water partition coefficient (Wildman–Crippen LogP) is 4.01. The van der Waals surface area contributed by atoms with Crippen LogP contribution in [0.1, 0.15) is 30.5 Å². The highest BCUT2D eigenvalue weighted by Crippen LogP contribution is 2.30. The van der Waals surface area contributed by atoms with E-state index in [-0.39, 0.29) is 11.3 Å². The molecule has 0 unspecified atom stereocenters. The van der Waals surface area contributed by atoms with Crippen molar-refractivity contribution >= 4 is 5.70 Å². The summed E-state index contributed by atoms with van der Waals surface area (Å²) >= 11 is 0. The summed E-state index contributed by atoms with van der Waals surface area (Å²) in [6.45, 7) is 7.49. The average molecular weight is 245 g/mol. The third-order valence-corrected chi connectivity index (χ3v) is 2.17. The van der Waals surface area contributed by atoms with E-state index in [0.717, 1.165) is 5.56 Å². The molecule has 0 saturated heterocycles. The van der Waals surface area contributed by atoms with Gasteiger partial charge in [-0.05, 0) is 18.6 Å². The molecular formula is C13H18F3N. The van der Waals surface area contributed by atoms with Gasteiger partial charge in [0.2, 0.25) is 0 Å². The summed E-state index contributed by atoms with van der Waals surface area (Å²) < 4.78 is 38.1. The summed E-state index contributed by atoms with van der Waals surface area (Å²) in [5, 5.41) is 0. The lowest BCUT2D eigenvalue weighted by atomic mass is 10.00. The average Bonchev–Trinajstić information content (AvgIpc) is 2.31. The number of aryl methyl sites for hydroxylation is 1. The second-order valence-electron chi connectivity index (χ2n) is 3.39. The van der Waals surface area contributed by atoms with Gasteiger partial charge in [-0.3, -0.25) is 0 Å². The smallest absolute Gasteiger partial charge is 0.301 e. The highest BCUT2D eigenvalue weighted by molar-refractivity contribution is 5.64. The van der Waals surface area contributed by atoms with E-state index in [1.165, 1.54) is 18.2 Å². The van der Waals surface area contributed by atoms with Crippen molar-refractivity contribution < 1.29 is 13.2 Å². The van der Waals surface area contributed by atoms with E-state index in [9.17, 15) is 13.2 Å². The molecule has 0 aliphatic heterocycles. The second-order valence-corrected chi connectivity index (χ2v) is 3.39. The van der Waals surface area contributed by atoms with Crippen LogP contribution in [0.15, 0.2) is 24.8 Å². The molecule has 0 fully saturated rings. The van der Waals surface area contributed by atoms with Crippen molar-refractivity contribution in [2.75, 3.05) is 6.67 Å². The first kappa shape index (κ1) is 15.6. The SMILES string of the molecule is C=C(N)c1cc(C(F)(F)CF)ccc1C.CC. The van der Waals surface area contributed by atoms with Crippen molar-refractivity contribution in [3.8, 4) is 0 Å². The Morgan fingerprint density at radius 2 is 1.88 bits per heavy atom. The number of rotatable bonds is 3. The summed E-state index contributed by atoms with van der Waals surface area (Å²) in [4.78, 5) is 0. The molecule has 17 heavy (non-hydrogen) atoms. The molecule has 0 bridgehead atoms. The lowest BCUT2D eigenvalue weighted by Crippen LogP contribution is -2.16. The molecule has 0 amide bonds. The Bertz CT molecular complexity index is 386. The number of hydrogen-bond donors (Lipinski definition) is 1. The van der Waals surface area contributed by atoms with Gasteiger partial charge in [-0.25, -0.2) is 4.39 Å². The third-order valence-electron chi connectivity index (χ3n) is 2.17. The normalized spacial score (nSPS) is 10.5. The Balaban J connectivity index is 0.00000121. The highest BCUT2D eigenvalue weighted by atomic mass is 19.3. The zero-order valence-electron chi connectivity index (χ0n) is 10.4. The minimum absolute atomic E-state index is 0.198. The van der Waals surface area contributed by atoms with E-state index < -0.39 is 12.6 Å². The minimum Gasteiger partial charge on any atom is -0.399 e. The van der Waals surface area contributed by atoms with Crippen LogP contribution in [0.2, 0.25) is 0 Å². The standard InChI is InChI=1S/C11H12F3N.C2H6/c1-7-3-4-9(11(13,14)6-12)5-10(7)8(2)15;1-2/h3-5H,2,6,15H2,1H3;1-2H3. The number of alkyl halides is 3. The van der Waals surface area contributed by atoms with Gasteiger partial charge in [0.25, 0.3) is 0 Å². The molecule has 0 saturated carbocycles. The first-order valence-electron chi connectivity index (χ1n) is 5.38. The molecule has 0 spiro atoms. The lowest BCUT2D eigenvalue weighted by Gasteiger charge is -2.15. The van der Waals surface area contributed by atoms with E-state index in [4.69, 9.17) is 5.73 Å². The van der Waals surface area contributed by atoms with Gasteiger partial charge in [-0.15, -0.1) is 0 Å². The van der Waals surface area contributed by atoms with Crippen LogP contribution in [0.25, 0.3) is 5.70 Å². The quantitative estimate of drug-likeness (QED) is 0.855. The van der Waals surface area contributed by atoms with Crippen molar-refractivity contribution in [1.82, 2.24) is 0 Å². The summed E-state index contributed by atoms with van der Waals surface area (Å²) in [5.74, 6) is -3.46. The van der Waals surface area contributed by atoms with Gasteiger partial charge < -0.3 is 5.73 Å². The molecule has 1 aromatic carbocycles. The molecule has 0 radical (unpaired) electrons. The van der Waals surface area contributed by atoms with Gasteiger partial charge in [0.1, 0.15) is 0 Å². The monoisotopic (exact) mass is 245 g/mol. The highest BCUT2D eigenvalue weighted by Gasteiger charge is 2.31. The van der Waals surface area contributed by atoms with Crippen LogP contribution in [0.3, 0.4) is 0 Å². The Labute approximate surface area is 100 Å². The van der Waals surface area contributed by atoms with Gasteiger partial charge >= 0.3 is 5.92 Å². The fraction of sp³-hybridized carbons (Fsp3) is 0.385. The largest absolute Gasteiger partial charge is 0.399 e. The number of halogens is 3. The zero-order valence-corrected chi connectivity index (χ0v) is 10.4. The first-order chi connectivity index (χ1) is 7.88. The molecule has 96 valence electrons. The first-order valence-corrected chi connectivity index (χ1v) is 5.38. The predicted molar refractivity (Wildman–Crippen MR) is 65.6 cm³/mol. The van der Waals surface area contributed by atoms with Crippen molar-refractivity contribution in [3.05, 3.63) is 41.5 Å². The van der Waals surface area contributed by atoms with Gasteiger partial charge in [-0.1, -0.05) is 32.6 Å². The Morgan fingerprint density at radius 3 is 2.29 bits per heavy atom. The molecule has 1 nitrogen and oxygen atoms in total. The van der Waals surface area contributed by atoms with Crippen LogP contribution in [0.4, 0.5) is 13.2 Å². The van der Waals surface area contributed by atoms with E-state index in [0.29, 0.717) is 5.56 Å². The molecule has 4 heteroatoms. The summed E-state index contributed by atoms with van der Waals surface area (Å²) in [7, 11) is 0. The van der Waals surface area contributed by atoms with Crippen LogP contribution in [0, 0.1) is 6.92 Å². The van der Waals surface area contributed by atoms with E-state index in [1.807, 2.05) is 13.8 Å². The van der Waals surface area contributed by atoms with Crippen molar-refractivity contribution in [1.29, 1.82) is 0 Å². The Kier molecular flexibility index (Phi) is 5.79. The molecule has 0 aliphatic rings. The van der Waals surface area contributed by atoms with E-state index in [1.54, 1.807) is 6.92 Å². The molecule has 2 N–H and O–H groups in total. The maximum absolute atomic E-state index is 13.0. The van der Waals surface area contributed by atoms with E-state index >= 15 is 0 Å². The van der Waals surface area contributed by atoms with Crippen LogP contribution in [0.5, 0.6) is 0 Å². The van der Waals surface area contributed by atoms with E-state index in [2.05, 4.69) is 6.58 Å². The third kappa shape index (κ3) is 3.80. The summed E-state index contributed by atoms with van der Waals surface area (Å²) in [6, 6.07) is 3.85. The summed E-state index contributed by atoms with van der Waals surface area (Å²) in [6.07, 6.45) is 0. The molecule has 0 aliphatic carbocycles. The van der Waals surface area contributed by atoms with Gasteiger partial charge in [0.15, 0.2) is 6.67 Å². The van der Waals surface area contributed by atoms with Crippen molar-refractivity contribution in [2.24, 2.45) is 5.73 Å². The Morgan fingerprint density at radius 1 is 1.35 bits per heavy atom. The molecule has 1 aromatic rings. The minimum atomic E-state index is -3.46. The maximum atomic E-state index is 13.0. The van der Waals surface area contributed by atoms with Gasteiger partial charge in [-0.2, -0.15) is 8.78 Å².